The van der Waals surface area contributed by atoms with Crippen LogP contribution in [0.4, 0.5) is 4.39 Å². The van der Waals surface area contributed by atoms with Crippen molar-refractivity contribution in [1.29, 1.82) is 0 Å². The third-order valence-electron chi connectivity index (χ3n) is 1.89. The molecule has 16 heavy (non-hydrogen) atoms. The van der Waals surface area contributed by atoms with Crippen molar-refractivity contribution in [1.82, 2.24) is 5.32 Å². The Bertz CT molecular complexity index is 436. The number of hydrogen-bond acceptors (Lipinski definition) is 2. The number of carboxylic acids is 1. The number of carbonyl (C=O) groups excluding carboxylic acids is 1. The van der Waals surface area contributed by atoms with Crippen molar-refractivity contribution >= 4 is 23.5 Å². The maximum Gasteiger partial charge on any atom is 0.331 e. The minimum Gasteiger partial charge on any atom is -0.479 e. The van der Waals surface area contributed by atoms with Crippen molar-refractivity contribution in [2.24, 2.45) is 0 Å². The van der Waals surface area contributed by atoms with Crippen LogP contribution < -0.4 is 5.32 Å². The van der Waals surface area contributed by atoms with Crippen LogP contribution in [0.5, 0.6) is 0 Å². The lowest BCUT2D eigenvalue weighted by atomic mass is 10.1. The molecule has 0 spiro atoms. The molecule has 0 bridgehead atoms. The van der Waals surface area contributed by atoms with Gasteiger partial charge in [-0.05, 0) is 6.07 Å². The molecule has 0 heterocycles. The van der Waals surface area contributed by atoms with Gasteiger partial charge in [-0.1, -0.05) is 23.7 Å². The number of nitrogens with one attached hydrogen (secondary N) is 1. The Hall–Kier alpha value is -1.62. The Morgan fingerprint density at radius 3 is 2.62 bits per heavy atom. The molecule has 0 saturated heterocycles. The average Bonchev–Trinajstić information content (AvgIpc) is 2.18. The van der Waals surface area contributed by atoms with Crippen LogP contribution in [0.15, 0.2) is 18.2 Å². The number of hydrogen-bond donors (Lipinski definition) is 2. The molecule has 1 amide bonds. The molecule has 1 rings (SSSR count). The van der Waals surface area contributed by atoms with Crippen molar-refractivity contribution in [3.05, 3.63) is 34.6 Å². The van der Waals surface area contributed by atoms with E-state index in [0.29, 0.717) is 0 Å². The molecule has 0 aliphatic rings. The molecule has 1 atom stereocenters. The average molecular weight is 246 g/mol. The smallest absolute Gasteiger partial charge is 0.331 e. The zero-order chi connectivity index (χ0) is 12.3. The molecule has 86 valence electrons. The van der Waals surface area contributed by atoms with E-state index in [1.54, 1.807) is 0 Å². The van der Waals surface area contributed by atoms with Gasteiger partial charge in [-0.2, -0.15) is 0 Å². The highest BCUT2D eigenvalue weighted by molar-refractivity contribution is 6.30. The van der Waals surface area contributed by atoms with Crippen molar-refractivity contribution in [3.63, 3.8) is 0 Å². The van der Waals surface area contributed by atoms with E-state index in [-0.39, 0.29) is 10.6 Å². The van der Waals surface area contributed by atoms with E-state index in [2.05, 4.69) is 5.32 Å². The predicted octanol–water partition coefficient (Wildman–Crippen LogP) is 1.74. The van der Waals surface area contributed by atoms with Crippen LogP contribution in [0.25, 0.3) is 0 Å². The van der Waals surface area contributed by atoms with Crippen LogP contribution >= 0.6 is 11.6 Å². The number of carboxylic acid groups (broad SMARTS) is 1. The van der Waals surface area contributed by atoms with Crippen LogP contribution in [0.1, 0.15) is 18.5 Å². The summed E-state index contributed by atoms with van der Waals surface area (Å²) in [6.45, 7) is 1.15. The van der Waals surface area contributed by atoms with Gasteiger partial charge in [0.05, 0.1) is 5.02 Å². The summed E-state index contributed by atoms with van der Waals surface area (Å²) in [6.07, 6.45) is 0. The third-order valence-corrected chi connectivity index (χ3v) is 2.18. The lowest BCUT2D eigenvalue weighted by Gasteiger charge is -2.14. The highest BCUT2D eigenvalue weighted by atomic mass is 35.5. The van der Waals surface area contributed by atoms with Gasteiger partial charge in [0, 0.05) is 12.5 Å². The summed E-state index contributed by atoms with van der Waals surface area (Å²) in [7, 11) is 0. The summed E-state index contributed by atoms with van der Waals surface area (Å²) < 4.78 is 13.5. The van der Waals surface area contributed by atoms with E-state index in [4.69, 9.17) is 16.7 Å². The van der Waals surface area contributed by atoms with Gasteiger partial charge >= 0.3 is 5.97 Å². The van der Waals surface area contributed by atoms with Crippen LogP contribution in [-0.4, -0.2) is 17.0 Å². The summed E-state index contributed by atoms with van der Waals surface area (Å²) in [5.41, 5.74) is -0.171. The normalized spacial score (nSPS) is 11.9. The van der Waals surface area contributed by atoms with E-state index < -0.39 is 23.7 Å². The molecule has 1 aromatic rings. The number of benzene rings is 1. The summed E-state index contributed by atoms with van der Waals surface area (Å²) in [5.74, 6) is -2.76. The molecule has 0 aliphatic carbocycles. The van der Waals surface area contributed by atoms with Gasteiger partial charge in [0.2, 0.25) is 5.91 Å². The Balaban J connectivity index is 3.16. The number of amides is 1. The van der Waals surface area contributed by atoms with Gasteiger partial charge in [0.1, 0.15) is 5.82 Å². The quantitative estimate of drug-likeness (QED) is 0.852. The standard InChI is InChI=1S/C10H9ClFNO3/c1-5(14)13-9(10(15)16)6-3-2-4-7(11)8(6)12/h2-4,9H,1H3,(H,13,14)(H,15,16). The van der Waals surface area contributed by atoms with Gasteiger partial charge in [-0.15, -0.1) is 0 Å². The SMILES string of the molecule is CC(=O)NC(C(=O)O)c1cccc(Cl)c1F. The zero-order valence-corrected chi connectivity index (χ0v) is 9.08. The molecule has 2 N–H and O–H groups in total. The monoisotopic (exact) mass is 245 g/mol. The van der Waals surface area contributed by atoms with E-state index in [9.17, 15) is 14.0 Å². The van der Waals surface area contributed by atoms with Gasteiger partial charge in [-0.25, -0.2) is 9.18 Å². The van der Waals surface area contributed by atoms with E-state index in [1.807, 2.05) is 0 Å². The lowest BCUT2D eigenvalue weighted by molar-refractivity contribution is -0.141. The molecule has 0 radical (unpaired) electrons. The Kier molecular flexibility index (Phi) is 3.84. The second kappa shape index (κ2) is 4.94. The molecular formula is C10H9ClFNO3. The molecule has 6 heteroatoms. The number of aliphatic carboxylic acids is 1. The first-order valence-corrected chi connectivity index (χ1v) is 4.75. The maximum atomic E-state index is 13.5. The first kappa shape index (κ1) is 12.4. The van der Waals surface area contributed by atoms with Crippen molar-refractivity contribution in [3.8, 4) is 0 Å². The second-order valence-electron chi connectivity index (χ2n) is 3.11. The van der Waals surface area contributed by atoms with E-state index in [1.165, 1.54) is 18.2 Å². The van der Waals surface area contributed by atoms with E-state index >= 15 is 0 Å². The predicted molar refractivity (Wildman–Crippen MR) is 55.6 cm³/mol. The van der Waals surface area contributed by atoms with Crippen LogP contribution in [0.2, 0.25) is 5.02 Å². The molecule has 0 saturated carbocycles. The lowest BCUT2D eigenvalue weighted by Crippen LogP contribution is -2.32. The minimum absolute atomic E-state index is 0.171. The highest BCUT2D eigenvalue weighted by Crippen LogP contribution is 2.23. The molecule has 0 aromatic heterocycles. The van der Waals surface area contributed by atoms with E-state index in [0.717, 1.165) is 6.92 Å². The zero-order valence-electron chi connectivity index (χ0n) is 8.33. The van der Waals surface area contributed by atoms with Crippen LogP contribution in [0.3, 0.4) is 0 Å². The molecule has 0 aliphatic heterocycles. The summed E-state index contributed by atoms with van der Waals surface area (Å²) >= 11 is 5.52. The first-order valence-electron chi connectivity index (χ1n) is 4.37. The molecule has 1 aromatic carbocycles. The van der Waals surface area contributed by atoms with Gasteiger partial charge in [0.15, 0.2) is 6.04 Å². The molecule has 4 nitrogen and oxygen atoms in total. The second-order valence-corrected chi connectivity index (χ2v) is 3.52. The van der Waals surface area contributed by atoms with Crippen molar-refractivity contribution in [2.75, 3.05) is 0 Å². The molecular weight excluding hydrogens is 237 g/mol. The van der Waals surface area contributed by atoms with Gasteiger partial charge < -0.3 is 10.4 Å². The highest BCUT2D eigenvalue weighted by Gasteiger charge is 2.24. The largest absolute Gasteiger partial charge is 0.479 e. The third kappa shape index (κ3) is 2.70. The maximum absolute atomic E-state index is 13.5. The van der Waals surface area contributed by atoms with Crippen LogP contribution in [-0.2, 0) is 9.59 Å². The molecule has 1 unspecified atom stereocenters. The minimum atomic E-state index is -1.43. The topological polar surface area (TPSA) is 66.4 Å². The summed E-state index contributed by atoms with van der Waals surface area (Å²) in [4.78, 5) is 21.7. The van der Waals surface area contributed by atoms with Crippen molar-refractivity contribution < 1.29 is 19.1 Å². The molecule has 0 fully saturated rings. The summed E-state index contributed by atoms with van der Waals surface area (Å²) in [6, 6.07) is 2.54. The first-order chi connectivity index (χ1) is 7.43. The Labute approximate surface area is 96.0 Å². The fraction of sp³-hybridized carbons (Fsp3) is 0.200. The van der Waals surface area contributed by atoms with Crippen molar-refractivity contribution in [2.45, 2.75) is 13.0 Å². The Morgan fingerprint density at radius 2 is 2.12 bits per heavy atom. The number of carbonyl (C=O) groups is 2. The Morgan fingerprint density at radius 1 is 1.50 bits per heavy atom. The summed E-state index contributed by atoms with van der Waals surface area (Å²) in [5, 5.41) is 10.8. The van der Waals surface area contributed by atoms with Gasteiger partial charge in [0.25, 0.3) is 0 Å². The van der Waals surface area contributed by atoms with Crippen LogP contribution in [0, 0.1) is 5.82 Å². The number of halogens is 2. The fourth-order valence-corrected chi connectivity index (χ4v) is 1.40. The fourth-order valence-electron chi connectivity index (χ4n) is 1.22. The number of rotatable bonds is 3. The van der Waals surface area contributed by atoms with Gasteiger partial charge in [-0.3, -0.25) is 4.79 Å².